The van der Waals surface area contributed by atoms with Crippen LogP contribution in [0.2, 0.25) is 0 Å². The fraction of sp³-hybridized carbons (Fsp3) is 0.387. The monoisotopic (exact) mass is 468 g/mol. The predicted molar refractivity (Wildman–Crippen MR) is 140 cm³/mol. The summed E-state index contributed by atoms with van der Waals surface area (Å²) in [7, 11) is 0. The standard InChI is InChI=1S/C31H36N2O2/c34-30-19-11-10-16-26(30)20-32-21-27(29(23-32)24-12-4-1-5-13-24)22-33(28-17-8-3-9-18-28)31(35)25-14-6-2-7-15-25/h1-2,4-7,10-16,19,27-29,34H,3,8-9,17-18,20-23H2/t27-,29-/m1/s1. The van der Waals surface area contributed by atoms with E-state index in [-0.39, 0.29) is 5.91 Å². The minimum Gasteiger partial charge on any atom is -0.508 e. The predicted octanol–water partition coefficient (Wildman–Crippen LogP) is 6.08. The highest BCUT2D eigenvalue weighted by Crippen LogP contribution is 2.36. The minimum absolute atomic E-state index is 0.170. The Balaban J connectivity index is 1.41. The van der Waals surface area contributed by atoms with E-state index in [4.69, 9.17) is 0 Å². The van der Waals surface area contributed by atoms with E-state index in [0.29, 0.717) is 23.6 Å². The molecule has 0 spiro atoms. The van der Waals surface area contributed by atoms with Gasteiger partial charge in [0, 0.05) is 49.3 Å². The summed E-state index contributed by atoms with van der Waals surface area (Å²) in [6.07, 6.45) is 5.88. The fourth-order valence-electron chi connectivity index (χ4n) is 6.03. The van der Waals surface area contributed by atoms with E-state index in [9.17, 15) is 9.90 Å². The Bertz CT molecular complexity index is 1100. The molecular weight excluding hydrogens is 432 g/mol. The molecule has 1 N–H and O–H groups in total. The Morgan fingerprint density at radius 1 is 0.829 bits per heavy atom. The second-order valence-corrected chi connectivity index (χ2v) is 10.2. The molecule has 2 fully saturated rings. The molecule has 35 heavy (non-hydrogen) atoms. The maximum Gasteiger partial charge on any atom is 0.254 e. The van der Waals surface area contributed by atoms with Crippen molar-refractivity contribution in [2.24, 2.45) is 5.92 Å². The highest BCUT2D eigenvalue weighted by molar-refractivity contribution is 5.94. The molecule has 0 unspecified atom stereocenters. The second kappa shape index (κ2) is 11.1. The van der Waals surface area contributed by atoms with E-state index < -0.39 is 0 Å². The number of carbonyl (C=O) groups is 1. The van der Waals surface area contributed by atoms with Gasteiger partial charge in [-0.15, -0.1) is 0 Å². The van der Waals surface area contributed by atoms with Crippen LogP contribution in [-0.4, -0.2) is 46.5 Å². The van der Waals surface area contributed by atoms with Gasteiger partial charge in [0.15, 0.2) is 0 Å². The Hall–Kier alpha value is -3.11. The summed E-state index contributed by atoms with van der Waals surface area (Å²) in [6, 6.07) is 28.5. The molecule has 182 valence electrons. The van der Waals surface area contributed by atoms with Crippen LogP contribution in [0.5, 0.6) is 5.75 Å². The molecule has 4 heteroatoms. The van der Waals surface area contributed by atoms with Gasteiger partial charge < -0.3 is 10.0 Å². The number of hydrogen-bond acceptors (Lipinski definition) is 3. The van der Waals surface area contributed by atoms with E-state index in [1.165, 1.54) is 24.8 Å². The number of para-hydroxylation sites is 1. The topological polar surface area (TPSA) is 43.8 Å². The molecular formula is C31H36N2O2. The lowest BCUT2D eigenvalue weighted by Crippen LogP contribution is -2.45. The van der Waals surface area contributed by atoms with Crippen LogP contribution in [-0.2, 0) is 6.54 Å². The van der Waals surface area contributed by atoms with Crippen LogP contribution in [0, 0.1) is 5.92 Å². The summed E-state index contributed by atoms with van der Waals surface area (Å²) in [5, 5.41) is 10.4. The van der Waals surface area contributed by atoms with Crippen molar-refractivity contribution in [3.05, 3.63) is 102 Å². The van der Waals surface area contributed by atoms with Gasteiger partial charge in [-0.25, -0.2) is 0 Å². The Kier molecular flexibility index (Phi) is 7.48. The van der Waals surface area contributed by atoms with Gasteiger partial charge in [-0.1, -0.05) is 86.0 Å². The third kappa shape index (κ3) is 5.59. The average molecular weight is 469 g/mol. The van der Waals surface area contributed by atoms with Crippen LogP contribution in [0.25, 0.3) is 0 Å². The first kappa shape index (κ1) is 23.6. The summed E-state index contributed by atoms with van der Waals surface area (Å²) in [5.41, 5.74) is 3.09. The third-order valence-corrected chi connectivity index (χ3v) is 7.86. The minimum atomic E-state index is 0.170. The van der Waals surface area contributed by atoms with E-state index >= 15 is 0 Å². The summed E-state index contributed by atoms with van der Waals surface area (Å²) < 4.78 is 0. The molecule has 2 aliphatic rings. The van der Waals surface area contributed by atoms with Crippen molar-refractivity contribution >= 4 is 5.91 Å². The van der Waals surface area contributed by atoms with Crippen molar-refractivity contribution < 1.29 is 9.90 Å². The lowest BCUT2D eigenvalue weighted by Gasteiger charge is -2.37. The highest BCUT2D eigenvalue weighted by atomic mass is 16.3. The largest absolute Gasteiger partial charge is 0.508 e. The summed E-state index contributed by atoms with van der Waals surface area (Å²) >= 11 is 0. The van der Waals surface area contributed by atoms with Crippen LogP contribution < -0.4 is 0 Å². The quantitative estimate of drug-likeness (QED) is 0.457. The lowest BCUT2D eigenvalue weighted by molar-refractivity contribution is 0.0588. The molecule has 0 aromatic heterocycles. The van der Waals surface area contributed by atoms with Gasteiger partial charge in [-0.05, 0) is 42.5 Å². The zero-order valence-electron chi connectivity index (χ0n) is 20.4. The van der Waals surface area contributed by atoms with E-state index in [0.717, 1.165) is 50.1 Å². The molecule has 1 saturated heterocycles. The van der Waals surface area contributed by atoms with Crippen molar-refractivity contribution in [3.8, 4) is 5.75 Å². The maximum absolute atomic E-state index is 13.8. The lowest BCUT2D eigenvalue weighted by atomic mass is 9.87. The number of benzene rings is 3. The molecule has 1 amide bonds. The number of amides is 1. The number of aromatic hydroxyl groups is 1. The number of likely N-dealkylation sites (tertiary alicyclic amines) is 1. The number of hydrogen-bond donors (Lipinski definition) is 1. The summed E-state index contributed by atoms with van der Waals surface area (Å²) in [5.74, 6) is 1.23. The first-order valence-electron chi connectivity index (χ1n) is 13.1. The van der Waals surface area contributed by atoms with E-state index in [1.807, 2.05) is 48.5 Å². The molecule has 1 heterocycles. The SMILES string of the molecule is O=C(c1ccccc1)N(C[C@H]1CN(Cc2ccccc2O)C[C@@H]1c1ccccc1)C1CCCCC1. The normalized spacial score (nSPS) is 21.1. The number of nitrogens with zero attached hydrogens (tertiary/aromatic N) is 2. The molecule has 3 aromatic carbocycles. The molecule has 5 rings (SSSR count). The van der Waals surface area contributed by atoms with E-state index in [2.05, 4.69) is 40.1 Å². The molecule has 1 saturated carbocycles. The van der Waals surface area contributed by atoms with Crippen molar-refractivity contribution in [2.45, 2.75) is 50.6 Å². The van der Waals surface area contributed by atoms with Gasteiger partial charge in [0.2, 0.25) is 0 Å². The number of rotatable bonds is 7. The maximum atomic E-state index is 13.8. The van der Waals surface area contributed by atoms with Gasteiger partial charge >= 0.3 is 0 Å². The average Bonchev–Trinajstić information content (AvgIpc) is 3.32. The van der Waals surface area contributed by atoms with E-state index in [1.54, 1.807) is 6.07 Å². The third-order valence-electron chi connectivity index (χ3n) is 7.86. The van der Waals surface area contributed by atoms with Gasteiger partial charge in [-0.2, -0.15) is 0 Å². The molecule has 0 radical (unpaired) electrons. The van der Waals surface area contributed by atoms with Gasteiger partial charge in [0.05, 0.1) is 0 Å². The highest BCUT2D eigenvalue weighted by Gasteiger charge is 2.38. The number of phenolic OH excluding ortho intramolecular Hbond substituents is 1. The van der Waals surface area contributed by atoms with Crippen molar-refractivity contribution in [1.29, 1.82) is 0 Å². The van der Waals surface area contributed by atoms with Crippen LogP contribution in [0.1, 0.15) is 59.5 Å². The molecule has 2 atom stereocenters. The van der Waals surface area contributed by atoms with Crippen molar-refractivity contribution in [3.63, 3.8) is 0 Å². The van der Waals surface area contributed by atoms with Crippen LogP contribution >= 0.6 is 0 Å². The van der Waals surface area contributed by atoms with Gasteiger partial charge in [-0.3, -0.25) is 9.69 Å². The van der Waals surface area contributed by atoms with Crippen LogP contribution in [0.4, 0.5) is 0 Å². The summed E-state index contributed by atoms with van der Waals surface area (Å²) in [4.78, 5) is 18.4. The molecule has 1 aliphatic carbocycles. The second-order valence-electron chi connectivity index (χ2n) is 10.2. The molecule has 3 aromatic rings. The van der Waals surface area contributed by atoms with Gasteiger partial charge in [0.25, 0.3) is 5.91 Å². The van der Waals surface area contributed by atoms with Crippen molar-refractivity contribution in [2.75, 3.05) is 19.6 Å². The Morgan fingerprint density at radius 3 is 2.20 bits per heavy atom. The number of phenols is 1. The number of carbonyl (C=O) groups excluding carboxylic acids is 1. The molecule has 4 nitrogen and oxygen atoms in total. The fourth-order valence-corrected chi connectivity index (χ4v) is 6.03. The summed E-state index contributed by atoms with van der Waals surface area (Å²) in [6.45, 7) is 3.35. The first-order valence-corrected chi connectivity index (χ1v) is 13.1. The smallest absolute Gasteiger partial charge is 0.254 e. The van der Waals surface area contributed by atoms with Gasteiger partial charge in [0.1, 0.15) is 5.75 Å². The Labute approximate surface area is 209 Å². The van der Waals surface area contributed by atoms with Crippen molar-refractivity contribution in [1.82, 2.24) is 9.80 Å². The Morgan fingerprint density at radius 2 is 1.49 bits per heavy atom. The first-order chi connectivity index (χ1) is 17.2. The van der Waals surface area contributed by atoms with Crippen LogP contribution in [0.3, 0.4) is 0 Å². The zero-order chi connectivity index (χ0) is 24.0. The van der Waals surface area contributed by atoms with Crippen LogP contribution in [0.15, 0.2) is 84.9 Å². The molecule has 1 aliphatic heterocycles. The zero-order valence-corrected chi connectivity index (χ0v) is 20.4. The molecule has 0 bridgehead atoms.